The number of tetrazole rings is 1. The summed E-state index contributed by atoms with van der Waals surface area (Å²) in [6.45, 7) is 0.299. The Kier molecular flexibility index (Phi) is 3.36. The second kappa shape index (κ2) is 5.48. The van der Waals surface area contributed by atoms with Gasteiger partial charge in [-0.3, -0.25) is 0 Å². The number of halogens is 1. The van der Waals surface area contributed by atoms with Gasteiger partial charge in [0.2, 0.25) is 5.82 Å². The molecule has 100 valence electrons. The number of aromatic amines is 1. The van der Waals surface area contributed by atoms with Crippen molar-refractivity contribution in [3.63, 3.8) is 0 Å². The van der Waals surface area contributed by atoms with Crippen molar-refractivity contribution in [1.29, 1.82) is 0 Å². The first-order valence-electron chi connectivity index (χ1n) is 6.02. The van der Waals surface area contributed by atoms with Gasteiger partial charge in [0.15, 0.2) is 0 Å². The molecule has 1 heterocycles. The van der Waals surface area contributed by atoms with E-state index in [1.165, 1.54) is 12.1 Å². The maximum absolute atomic E-state index is 13.1. The van der Waals surface area contributed by atoms with Gasteiger partial charge in [0.1, 0.15) is 18.2 Å². The largest absolute Gasteiger partial charge is 0.489 e. The van der Waals surface area contributed by atoms with Crippen molar-refractivity contribution in [3.05, 3.63) is 59.9 Å². The molecule has 0 aliphatic rings. The zero-order valence-electron chi connectivity index (χ0n) is 10.5. The Labute approximate surface area is 114 Å². The maximum Gasteiger partial charge on any atom is 0.204 e. The lowest BCUT2D eigenvalue weighted by Gasteiger charge is -2.07. The maximum atomic E-state index is 13.1. The van der Waals surface area contributed by atoms with Crippen molar-refractivity contribution in [2.75, 3.05) is 0 Å². The van der Waals surface area contributed by atoms with Crippen LogP contribution in [-0.2, 0) is 6.61 Å². The fourth-order valence-corrected chi connectivity index (χ4v) is 1.80. The molecule has 5 nitrogen and oxygen atoms in total. The molecule has 3 aromatic rings. The Hall–Kier alpha value is -2.76. The fourth-order valence-electron chi connectivity index (χ4n) is 1.80. The van der Waals surface area contributed by atoms with Crippen LogP contribution in [0.15, 0.2) is 48.5 Å². The number of hydrogen-bond donors (Lipinski definition) is 1. The number of hydrogen-bond acceptors (Lipinski definition) is 4. The lowest BCUT2D eigenvalue weighted by Crippen LogP contribution is -1.96. The summed E-state index contributed by atoms with van der Waals surface area (Å²) < 4.78 is 18.7. The van der Waals surface area contributed by atoms with Crippen molar-refractivity contribution in [2.24, 2.45) is 0 Å². The summed E-state index contributed by atoms with van der Waals surface area (Å²) >= 11 is 0. The van der Waals surface area contributed by atoms with Crippen LogP contribution in [0.3, 0.4) is 0 Å². The van der Waals surface area contributed by atoms with Crippen LogP contribution >= 0.6 is 0 Å². The predicted octanol–water partition coefficient (Wildman–Crippen LogP) is 2.58. The van der Waals surface area contributed by atoms with E-state index in [1.807, 2.05) is 30.3 Å². The molecule has 0 atom stereocenters. The average molecular weight is 270 g/mol. The van der Waals surface area contributed by atoms with Crippen LogP contribution in [0.2, 0.25) is 0 Å². The number of benzene rings is 2. The van der Waals surface area contributed by atoms with Gasteiger partial charge in [-0.15, -0.1) is 10.2 Å². The molecule has 20 heavy (non-hydrogen) atoms. The zero-order valence-corrected chi connectivity index (χ0v) is 10.5. The minimum atomic E-state index is -0.272. The molecule has 0 aliphatic heterocycles. The van der Waals surface area contributed by atoms with E-state index < -0.39 is 0 Å². The van der Waals surface area contributed by atoms with Crippen molar-refractivity contribution < 1.29 is 9.13 Å². The lowest BCUT2D eigenvalue weighted by atomic mass is 10.2. The summed E-state index contributed by atoms with van der Waals surface area (Å²) in [5.74, 6) is 0.893. The topological polar surface area (TPSA) is 63.7 Å². The molecule has 1 N–H and O–H groups in total. The zero-order chi connectivity index (χ0) is 13.8. The van der Waals surface area contributed by atoms with E-state index in [0.29, 0.717) is 18.2 Å². The molecule has 0 unspecified atom stereocenters. The molecule has 0 spiro atoms. The van der Waals surface area contributed by atoms with Gasteiger partial charge in [-0.1, -0.05) is 24.3 Å². The summed E-state index contributed by atoms with van der Waals surface area (Å²) in [6.07, 6.45) is 0. The minimum absolute atomic E-state index is 0.272. The lowest BCUT2D eigenvalue weighted by molar-refractivity contribution is 0.305. The van der Waals surface area contributed by atoms with Crippen LogP contribution in [0.5, 0.6) is 5.75 Å². The highest BCUT2D eigenvalue weighted by molar-refractivity contribution is 5.56. The van der Waals surface area contributed by atoms with Gasteiger partial charge >= 0.3 is 0 Å². The van der Waals surface area contributed by atoms with Gasteiger partial charge < -0.3 is 4.74 Å². The Bertz CT molecular complexity index is 700. The summed E-state index contributed by atoms with van der Waals surface area (Å²) in [5.41, 5.74) is 1.57. The number of H-pyrrole nitrogens is 1. The van der Waals surface area contributed by atoms with E-state index >= 15 is 0 Å². The van der Waals surface area contributed by atoms with Crippen LogP contribution < -0.4 is 4.74 Å². The van der Waals surface area contributed by atoms with Crippen molar-refractivity contribution in [1.82, 2.24) is 20.6 Å². The van der Waals surface area contributed by atoms with Crippen molar-refractivity contribution in [3.8, 4) is 17.1 Å². The number of aromatic nitrogens is 4. The first kappa shape index (κ1) is 12.3. The summed E-state index contributed by atoms with van der Waals surface area (Å²) in [7, 11) is 0. The van der Waals surface area contributed by atoms with Crippen LogP contribution in [0.1, 0.15) is 5.56 Å². The molecule has 3 rings (SSSR count). The number of rotatable bonds is 4. The van der Waals surface area contributed by atoms with Gasteiger partial charge in [-0.25, -0.2) is 4.39 Å². The average Bonchev–Trinajstić information content (AvgIpc) is 3.00. The highest BCUT2D eigenvalue weighted by Crippen LogP contribution is 2.21. The third kappa shape index (κ3) is 2.80. The Balaban J connectivity index is 1.73. The molecule has 1 aromatic heterocycles. The fraction of sp³-hybridized carbons (Fsp3) is 0.0714. The Morgan fingerprint density at radius 3 is 2.80 bits per heavy atom. The predicted molar refractivity (Wildman–Crippen MR) is 70.3 cm³/mol. The number of nitrogens with one attached hydrogen (secondary N) is 1. The van der Waals surface area contributed by atoms with E-state index in [2.05, 4.69) is 20.6 Å². The first-order chi connectivity index (χ1) is 9.81. The molecule has 2 aromatic carbocycles. The van der Waals surface area contributed by atoms with Crippen LogP contribution in [0.4, 0.5) is 4.39 Å². The first-order valence-corrected chi connectivity index (χ1v) is 6.02. The van der Waals surface area contributed by atoms with E-state index in [4.69, 9.17) is 4.74 Å². The molecule has 0 saturated heterocycles. The normalized spacial score (nSPS) is 10.4. The second-order valence-corrected chi connectivity index (χ2v) is 4.18. The number of ether oxygens (including phenoxy) is 1. The molecule has 0 fully saturated rings. The summed E-state index contributed by atoms with van der Waals surface area (Å²) in [6, 6.07) is 13.7. The standard InChI is InChI=1S/C14H11FN4O/c15-12-5-1-3-10(7-12)9-20-13-6-2-4-11(8-13)14-16-18-19-17-14/h1-8H,9H2,(H,16,17,18,19). The molecular formula is C14H11FN4O. The molecular weight excluding hydrogens is 259 g/mol. The van der Waals surface area contributed by atoms with E-state index in [-0.39, 0.29) is 5.82 Å². The van der Waals surface area contributed by atoms with Gasteiger partial charge in [0.05, 0.1) is 0 Å². The van der Waals surface area contributed by atoms with E-state index in [0.717, 1.165) is 11.1 Å². The molecule has 0 saturated carbocycles. The molecule has 0 bridgehead atoms. The van der Waals surface area contributed by atoms with Gasteiger partial charge in [0.25, 0.3) is 0 Å². The van der Waals surface area contributed by atoms with Crippen LogP contribution in [0.25, 0.3) is 11.4 Å². The molecule has 0 radical (unpaired) electrons. The summed E-state index contributed by atoms with van der Waals surface area (Å²) in [4.78, 5) is 0. The second-order valence-electron chi connectivity index (χ2n) is 4.18. The third-order valence-electron chi connectivity index (χ3n) is 2.73. The van der Waals surface area contributed by atoms with Crippen molar-refractivity contribution >= 4 is 0 Å². The van der Waals surface area contributed by atoms with Crippen LogP contribution in [-0.4, -0.2) is 20.6 Å². The van der Waals surface area contributed by atoms with E-state index in [9.17, 15) is 4.39 Å². The summed E-state index contributed by atoms with van der Waals surface area (Å²) in [5, 5.41) is 13.7. The Morgan fingerprint density at radius 2 is 2.00 bits per heavy atom. The van der Waals surface area contributed by atoms with Crippen molar-refractivity contribution in [2.45, 2.75) is 6.61 Å². The van der Waals surface area contributed by atoms with Gasteiger partial charge in [-0.2, -0.15) is 5.21 Å². The molecule has 0 aliphatic carbocycles. The smallest absolute Gasteiger partial charge is 0.204 e. The van der Waals surface area contributed by atoms with Gasteiger partial charge in [-0.05, 0) is 35.0 Å². The highest BCUT2D eigenvalue weighted by atomic mass is 19.1. The SMILES string of the molecule is Fc1cccc(COc2cccc(-c3nn[nH]n3)c2)c1. The highest BCUT2D eigenvalue weighted by Gasteiger charge is 2.04. The molecule has 6 heteroatoms. The number of nitrogens with zero attached hydrogens (tertiary/aromatic N) is 3. The quantitative estimate of drug-likeness (QED) is 0.791. The van der Waals surface area contributed by atoms with Crippen LogP contribution in [0, 0.1) is 5.82 Å². The minimum Gasteiger partial charge on any atom is -0.489 e. The molecule has 0 amide bonds. The Morgan fingerprint density at radius 1 is 1.10 bits per heavy atom. The third-order valence-corrected chi connectivity index (χ3v) is 2.73. The van der Waals surface area contributed by atoms with Gasteiger partial charge in [0, 0.05) is 5.56 Å². The van der Waals surface area contributed by atoms with E-state index in [1.54, 1.807) is 6.07 Å². The monoisotopic (exact) mass is 270 g/mol.